The highest BCUT2D eigenvalue weighted by molar-refractivity contribution is 5.95. The molecule has 0 radical (unpaired) electrons. The van der Waals surface area contributed by atoms with E-state index in [1.807, 2.05) is 38.7 Å². The molecule has 1 atom stereocenters. The first-order chi connectivity index (χ1) is 8.78. The molecule has 0 spiro atoms. The van der Waals surface area contributed by atoms with E-state index in [-0.39, 0.29) is 17.6 Å². The summed E-state index contributed by atoms with van der Waals surface area (Å²) in [6.07, 6.45) is 0.0579. The first-order valence-electron chi connectivity index (χ1n) is 6.62. The number of amides is 1. The van der Waals surface area contributed by atoms with Crippen LogP contribution in [0.4, 0.5) is 5.69 Å². The number of hydrogen-bond donors (Lipinski definition) is 1. The molecule has 4 nitrogen and oxygen atoms in total. The Bertz CT molecular complexity index is 497. The molecule has 0 aliphatic carbocycles. The predicted molar refractivity (Wildman–Crippen MR) is 76.1 cm³/mol. The molecule has 1 aliphatic rings. The van der Waals surface area contributed by atoms with Gasteiger partial charge in [0, 0.05) is 24.3 Å². The van der Waals surface area contributed by atoms with Crippen LogP contribution in [-0.2, 0) is 4.74 Å². The van der Waals surface area contributed by atoms with Gasteiger partial charge in [-0.2, -0.15) is 0 Å². The Morgan fingerprint density at radius 3 is 2.74 bits per heavy atom. The standard InChI is InChI=1S/C15H22N2O2/c1-10-7-12(5-6-13(10)16)14(18)17-8-11(2)19-15(3,4)9-17/h5-7,11H,8-9,16H2,1-4H3. The maximum Gasteiger partial charge on any atom is 0.254 e. The van der Waals surface area contributed by atoms with Gasteiger partial charge in [0.15, 0.2) is 0 Å². The van der Waals surface area contributed by atoms with Gasteiger partial charge in [0.1, 0.15) is 0 Å². The Labute approximate surface area is 114 Å². The van der Waals surface area contributed by atoms with E-state index < -0.39 is 0 Å². The molecule has 0 aromatic heterocycles. The lowest BCUT2D eigenvalue weighted by atomic mass is 10.0. The van der Waals surface area contributed by atoms with E-state index in [1.165, 1.54) is 0 Å². The molecule has 104 valence electrons. The second-order valence-corrected chi connectivity index (χ2v) is 5.95. The minimum atomic E-state index is -0.295. The SMILES string of the molecule is Cc1cc(C(=O)N2CC(C)OC(C)(C)C2)ccc1N. The van der Waals surface area contributed by atoms with Crippen molar-refractivity contribution in [3.05, 3.63) is 29.3 Å². The van der Waals surface area contributed by atoms with Crippen LogP contribution in [0.2, 0.25) is 0 Å². The van der Waals surface area contributed by atoms with Crippen molar-refractivity contribution >= 4 is 11.6 Å². The second kappa shape index (κ2) is 4.85. The van der Waals surface area contributed by atoms with Crippen molar-refractivity contribution in [3.8, 4) is 0 Å². The van der Waals surface area contributed by atoms with Crippen molar-refractivity contribution < 1.29 is 9.53 Å². The Morgan fingerprint density at radius 1 is 1.47 bits per heavy atom. The molecule has 1 heterocycles. The van der Waals surface area contributed by atoms with Crippen LogP contribution in [0.15, 0.2) is 18.2 Å². The second-order valence-electron chi connectivity index (χ2n) is 5.95. The summed E-state index contributed by atoms with van der Waals surface area (Å²) in [7, 11) is 0. The third kappa shape index (κ3) is 3.07. The minimum Gasteiger partial charge on any atom is -0.399 e. The van der Waals surface area contributed by atoms with E-state index in [0.29, 0.717) is 24.3 Å². The monoisotopic (exact) mass is 262 g/mol. The van der Waals surface area contributed by atoms with Crippen molar-refractivity contribution in [2.24, 2.45) is 0 Å². The number of benzene rings is 1. The van der Waals surface area contributed by atoms with E-state index in [4.69, 9.17) is 10.5 Å². The van der Waals surface area contributed by atoms with Gasteiger partial charge in [-0.15, -0.1) is 0 Å². The number of aryl methyl sites for hydroxylation is 1. The predicted octanol–water partition coefficient (Wildman–Crippen LogP) is 2.22. The fourth-order valence-corrected chi connectivity index (χ4v) is 2.60. The summed E-state index contributed by atoms with van der Waals surface area (Å²) < 4.78 is 5.82. The maximum absolute atomic E-state index is 12.5. The van der Waals surface area contributed by atoms with Crippen molar-refractivity contribution in [1.82, 2.24) is 4.90 Å². The zero-order chi connectivity index (χ0) is 14.2. The van der Waals surface area contributed by atoms with Crippen LogP contribution in [0.5, 0.6) is 0 Å². The van der Waals surface area contributed by atoms with Crippen molar-refractivity contribution in [2.45, 2.75) is 39.4 Å². The van der Waals surface area contributed by atoms with Crippen LogP contribution in [0.3, 0.4) is 0 Å². The molecule has 0 saturated carbocycles. The molecule has 1 aliphatic heterocycles. The number of nitrogens with zero attached hydrogens (tertiary/aromatic N) is 1. The number of carbonyl (C=O) groups is 1. The van der Waals surface area contributed by atoms with Gasteiger partial charge in [-0.25, -0.2) is 0 Å². The van der Waals surface area contributed by atoms with Gasteiger partial charge in [-0.05, 0) is 51.5 Å². The van der Waals surface area contributed by atoms with E-state index in [0.717, 1.165) is 5.56 Å². The van der Waals surface area contributed by atoms with E-state index in [9.17, 15) is 4.79 Å². The maximum atomic E-state index is 12.5. The lowest BCUT2D eigenvalue weighted by Crippen LogP contribution is -2.53. The van der Waals surface area contributed by atoms with Crippen LogP contribution >= 0.6 is 0 Å². The van der Waals surface area contributed by atoms with Crippen molar-refractivity contribution in [2.75, 3.05) is 18.8 Å². The van der Waals surface area contributed by atoms with E-state index in [1.54, 1.807) is 12.1 Å². The Morgan fingerprint density at radius 2 is 2.16 bits per heavy atom. The van der Waals surface area contributed by atoms with E-state index in [2.05, 4.69) is 0 Å². The van der Waals surface area contributed by atoms with Gasteiger partial charge in [0.25, 0.3) is 5.91 Å². The molecule has 0 bridgehead atoms. The Balaban J connectivity index is 2.21. The average Bonchev–Trinajstić information content (AvgIpc) is 2.29. The lowest BCUT2D eigenvalue weighted by molar-refractivity contribution is -0.118. The van der Waals surface area contributed by atoms with Gasteiger partial charge in [0.05, 0.1) is 11.7 Å². The normalized spacial score (nSPS) is 22.3. The Hall–Kier alpha value is -1.55. The number of nitrogen functional groups attached to an aromatic ring is 1. The summed E-state index contributed by atoms with van der Waals surface area (Å²) in [6, 6.07) is 5.43. The number of rotatable bonds is 1. The van der Waals surface area contributed by atoms with Crippen molar-refractivity contribution in [3.63, 3.8) is 0 Å². The van der Waals surface area contributed by atoms with Gasteiger partial charge >= 0.3 is 0 Å². The summed E-state index contributed by atoms with van der Waals surface area (Å²) in [6.45, 7) is 9.17. The number of nitrogens with two attached hydrogens (primary N) is 1. The smallest absolute Gasteiger partial charge is 0.254 e. The summed E-state index contributed by atoms with van der Waals surface area (Å²) >= 11 is 0. The van der Waals surface area contributed by atoms with Gasteiger partial charge in [-0.3, -0.25) is 4.79 Å². The highest BCUT2D eigenvalue weighted by atomic mass is 16.5. The highest BCUT2D eigenvalue weighted by Gasteiger charge is 2.34. The fourth-order valence-electron chi connectivity index (χ4n) is 2.60. The number of morpholine rings is 1. The van der Waals surface area contributed by atoms with Gasteiger partial charge < -0.3 is 15.4 Å². The molecule has 19 heavy (non-hydrogen) atoms. The van der Waals surface area contributed by atoms with Gasteiger partial charge in [-0.1, -0.05) is 0 Å². The number of anilines is 1. The molecular weight excluding hydrogens is 240 g/mol. The van der Waals surface area contributed by atoms with Crippen LogP contribution in [0, 0.1) is 6.92 Å². The molecule has 1 unspecified atom stereocenters. The van der Waals surface area contributed by atoms with Crippen LogP contribution < -0.4 is 5.73 Å². The first-order valence-corrected chi connectivity index (χ1v) is 6.62. The zero-order valence-electron chi connectivity index (χ0n) is 12.1. The first kappa shape index (κ1) is 13.9. The molecule has 2 rings (SSSR count). The topological polar surface area (TPSA) is 55.6 Å². The molecule has 1 amide bonds. The van der Waals surface area contributed by atoms with E-state index >= 15 is 0 Å². The molecule has 1 fully saturated rings. The fraction of sp³-hybridized carbons (Fsp3) is 0.533. The van der Waals surface area contributed by atoms with Crippen LogP contribution in [0.25, 0.3) is 0 Å². The average molecular weight is 262 g/mol. The molecule has 4 heteroatoms. The molecule has 1 aromatic carbocycles. The molecular formula is C15H22N2O2. The third-order valence-electron chi connectivity index (χ3n) is 3.37. The number of carbonyl (C=O) groups excluding carboxylic acids is 1. The third-order valence-corrected chi connectivity index (χ3v) is 3.37. The van der Waals surface area contributed by atoms with Gasteiger partial charge in [0.2, 0.25) is 0 Å². The summed E-state index contributed by atoms with van der Waals surface area (Å²) in [5, 5.41) is 0. The summed E-state index contributed by atoms with van der Waals surface area (Å²) in [5.74, 6) is 0.0475. The zero-order valence-corrected chi connectivity index (χ0v) is 12.1. The molecule has 2 N–H and O–H groups in total. The molecule has 1 saturated heterocycles. The quantitative estimate of drug-likeness (QED) is 0.789. The largest absolute Gasteiger partial charge is 0.399 e. The van der Waals surface area contributed by atoms with Crippen molar-refractivity contribution in [1.29, 1.82) is 0 Å². The number of ether oxygens (including phenoxy) is 1. The summed E-state index contributed by atoms with van der Waals surface area (Å²) in [4.78, 5) is 14.4. The van der Waals surface area contributed by atoms with Crippen LogP contribution in [0.1, 0.15) is 36.7 Å². The minimum absolute atomic E-state index is 0.0475. The Kier molecular flexibility index (Phi) is 3.54. The lowest BCUT2D eigenvalue weighted by Gasteiger charge is -2.41. The highest BCUT2D eigenvalue weighted by Crippen LogP contribution is 2.23. The van der Waals surface area contributed by atoms with Crippen LogP contribution in [-0.4, -0.2) is 35.6 Å². The summed E-state index contributed by atoms with van der Waals surface area (Å²) in [5.41, 5.74) is 7.83. The number of hydrogen-bond acceptors (Lipinski definition) is 3. The molecule has 1 aromatic rings.